The summed E-state index contributed by atoms with van der Waals surface area (Å²) in [5.74, 6) is 0.695. The Morgan fingerprint density at radius 1 is 1.56 bits per heavy atom. The van der Waals surface area contributed by atoms with E-state index in [0.29, 0.717) is 5.92 Å². The van der Waals surface area contributed by atoms with Gasteiger partial charge in [0.25, 0.3) is 0 Å². The van der Waals surface area contributed by atoms with E-state index >= 15 is 0 Å². The molecule has 52 valence electrons. The summed E-state index contributed by atoms with van der Waals surface area (Å²) in [5.41, 5.74) is 0. The summed E-state index contributed by atoms with van der Waals surface area (Å²) in [6, 6.07) is 0. The standard InChI is InChI=1S/C7H14N2/c1-7(2)4-5-9(3)6-8/h7H,4-5H2,1-3H3. The second-order valence-corrected chi connectivity index (χ2v) is 2.70. The van der Waals surface area contributed by atoms with Crippen LogP contribution in [0, 0.1) is 17.4 Å². The Morgan fingerprint density at radius 2 is 2.11 bits per heavy atom. The molecular weight excluding hydrogens is 112 g/mol. The molecule has 0 aromatic carbocycles. The maximum Gasteiger partial charge on any atom is 0.179 e. The number of rotatable bonds is 3. The minimum Gasteiger partial charge on any atom is -0.314 e. The predicted octanol–water partition coefficient (Wildman–Crippen LogP) is 1.45. The van der Waals surface area contributed by atoms with Crippen molar-refractivity contribution in [3.63, 3.8) is 0 Å². The molecule has 0 amide bonds. The predicted molar refractivity (Wildman–Crippen MR) is 37.7 cm³/mol. The minimum atomic E-state index is 0.695. The van der Waals surface area contributed by atoms with Gasteiger partial charge in [0.2, 0.25) is 0 Å². The molecule has 0 atom stereocenters. The van der Waals surface area contributed by atoms with Crippen LogP contribution in [0.15, 0.2) is 0 Å². The maximum atomic E-state index is 8.32. The van der Waals surface area contributed by atoms with Crippen LogP contribution >= 0.6 is 0 Å². The molecule has 0 aliphatic carbocycles. The van der Waals surface area contributed by atoms with Crippen LogP contribution in [-0.2, 0) is 0 Å². The van der Waals surface area contributed by atoms with Gasteiger partial charge in [0, 0.05) is 13.6 Å². The summed E-state index contributed by atoms with van der Waals surface area (Å²) in [5, 5.41) is 8.32. The van der Waals surface area contributed by atoms with Gasteiger partial charge in [0.05, 0.1) is 0 Å². The zero-order valence-electron chi connectivity index (χ0n) is 6.39. The van der Waals surface area contributed by atoms with E-state index in [1.54, 1.807) is 4.90 Å². The number of nitriles is 1. The van der Waals surface area contributed by atoms with Crippen LogP contribution in [0.4, 0.5) is 0 Å². The SMILES string of the molecule is CC(C)CCN(C)C#N. The second kappa shape index (κ2) is 4.20. The van der Waals surface area contributed by atoms with Gasteiger partial charge < -0.3 is 4.90 Å². The lowest BCUT2D eigenvalue weighted by atomic mass is 10.1. The van der Waals surface area contributed by atoms with Gasteiger partial charge in [-0.05, 0) is 12.3 Å². The van der Waals surface area contributed by atoms with E-state index in [4.69, 9.17) is 5.26 Å². The molecular formula is C7H14N2. The molecule has 0 heterocycles. The highest BCUT2D eigenvalue weighted by Crippen LogP contribution is 1.98. The van der Waals surface area contributed by atoms with Crippen molar-refractivity contribution in [3.8, 4) is 6.19 Å². The smallest absolute Gasteiger partial charge is 0.179 e. The third kappa shape index (κ3) is 5.16. The van der Waals surface area contributed by atoms with Crippen molar-refractivity contribution in [1.29, 1.82) is 5.26 Å². The van der Waals surface area contributed by atoms with Crippen molar-refractivity contribution in [3.05, 3.63) is 0 Å². The molecule has 0 bridgehead atoms. The molecule has 0 aromatic heterocycles. The van der Waals surface area contributed by atoms with Crippen molar-refractivity contribution in [2.24, 2.45) is 5.92 Å². The van der Waals surface area contributed by atoms with E-state index in [0.717, 1.165) is 13.0 Å². The Kier molecular flexibility index (Phi) is 3.87. The Morgan fingerprint density at radius 3 is 2.44 bits per heavy atom. The molecule has 0 saturated heterocycles. The fraction of sp³-hybridized carbons (Fsp3) is 0.857. The molecule has 0 aromatic rings. The van der Waals surface area contributed by atoms with E-state index in [-0.39, 0.29) is 0 Å². The monoisotopic (exact) mass is 126 g/mol. The first-order valence-electron chi connectivity index (χ1n) is 3.27. The number of hydrogen-bond donors (Lipinski definition) is 0. The average Bonchev–Trinajstić information content (AvgIpc) is 1.83. The Balaban J connectivity index is 3.19. The Bertz CT molecular complexity index is 102. The first-order valence-corrected chi connectivity index (χ1v) is 3.27. The van der Waals surface area contributed by atoms with Crippen LogP contribution in [0.5, 0.6) is 0 Å². The van der Waals surface area contributed by atoms with Crippen LogP contribution in [0.2, 0.25) is 0 Å². The van der Waals surface area contributed by atoms with Crippen molar-refractivity contribution in [1.82, 2.24) is 4.90 Å². The van der Waals surface area contributed by atoms with Crippen LogP contribution < -0.4 is 0 Å². The molecule has 2 nitrogen and oxygen atoms in total. The van der Waals surface area contributed by atoms with Gasteiger partial charge in [-0.2, -0.15) is 5.26 Å². The largest absolute Gasteiger partial charge is 0.314 e. The zero-order valence-corrected chi connectivity index (χ0v) is 6.39. The van der Waals surface area contributed by atoms with E-state index in [1.165, 1.54) is 0 Å². The molecule has 0 aliphatic heterocycles. The highest BCUT2D eigenvalue weighted by atomic mass is 15.1. The van der Waals surface area contributed by atoms with E-state index < -0.39 is 0 Å². The molecule has 0 rings (SSSR count). The highest BCUT2D eigenvalue weighted by Gasteiger charge is 1.95. The maximum absolute atomic E-state index is 8.32. The molecule has 0 unspecified atom stereocenters. The van der Waals surface area contributed by atoms with Crippen molar-refractivity contribution in [2.75, 3.05) is 13.6 Å². The topological polar surface area (TPSA) is 27.0 Å². The van der Waals surface area contributed by atoms with Crippen LogP contribution in [0.1, 0.15) is 20.3 Å². The first-order chi connectivity index (χ1) is 4.16. The van der Waals surface area contributed by atoms with Gasteiger partial charge in [-0.15, -0.1) is 0 Å². The summed E-state index contributed by atoms with van der Waals surface area (Å²) in [6.45, 7) is 5.20. The quantitative estimate of drug-likeness (QED) is 0.422. The highest BCUT2D eigenvalue weighted by molar-refractivity contribution is 4.68. The van der Waals surface area contributed by atoms with Gasteiger partial charge in [0.15, 0.2) is 6.19 Å². The van der Waals surface area contributed by atoms with E-state index in [1.807, 2.05) is 7.05 Å². The average molecular weight is 126 g/mol. The van der Waals surface area contributed by atoms with Gasteiger partial charge in [-0.25, -0.2) is 0 Å². The van der Waals surface area contributed by atoms with Crippen LogP contribution in [0.25, 0.3) is 0 Å². The fourth-order valence-corrected chi connectivity index (χ4v) is 0.502. The van der Waals surface area contributed by atoms with E-state index in [2.05, 4.69) is 20.0 Å². The van der Waals surface area contributed by atoms with Gasteiger partial charge in [0.1, 0.15) is 0 Å². The Labute approximate surface area is 57.1 Å². The number of hydrogen-bond acceptors (Lipinski definition) is 2. The molecule has 9 heavy (non-hydrogen) atoms. The Hall–Kier alpha value is -0.710. The molecule has 0 aliphatic rings. The molecule has 0 fully saturated rings. The molecule has 0 N–H and O–H groups in total. The lowest BCUT2D eigenvalue weighted by Crippen LogP contribution is -2.13. The lowest BCUT2D eigenvalue weighted by molar-refractivity contribution is 0.417. The molecule has 0 radical (unpaired) electrons. The van der Waals surface area contributed by atoms with Gasteiger partial charge >= 0.3 is 0 Å². The minimum absolute atomic E-state index is 0.695. The molecule has 0 spiro atoms. The second-order valence-electron chi connectivity index (χ2n) is 2.70. The normalized spacial score (nSPS) is 9.22. The van der Waals surface area contributed by atoms with Crippen LogP contribution in [0.3, 0.4) is 0 Å². The lowest BCUT2D eigenvalue weighted by Gasteiger charge is -2.09. The number of nitrogens with zero attached hydrogens (tertiary/aromatic N) is 2. The summed E-state index contributed by atoms with van der Waals surface area (Å²) in [6.07, 6.45) is 3.15. The van der Waals surface area contributed by atoms with E-state index in [9.17, 15) is 0 Å². The van der Waals surface area contributed by atoms with Gasteiger partial charge in [-0.1, -0.05) is 13.8 Å². The third-order valence-corrected chi connectivity index (χ3v) is 1.21. The van der Waals surface area contributed by atoms with Crippen LogP contribution in [-0.4, -0.2) is 18.5 Å². The summed E-state index contributed by atoms with van der Waals surface area (Å²) in [7, 11) is 1.81. The van der Waals surface area contributed by atoms with Crippen molar-refractivity contribution >= 4 is 0 Å². The zero-order chi connectivity index (χ0) is 7.28. The van der Waals surface area contributed by atoms with Crippen molar-refractivity contribution in [2.45, 2.75) is 20.3 Å². The summed E-state index contributed by atoms with van der Waals surface area (Å²) in [4.78, 5) is 1.65. The van der Waals surface area contributed by atoms with Crippen molar-refractivity contribution < 1.29 is 0 Å². The van der Waals surface area contributed by atoms with Gasteiger partial charge in [-0.3, -0.25) is 0 Å². The molecule has 2 heteroatoms. The summed E-state index contributed by atoms with van der Waals surface area (Å²) >= 11 is 0. The summed E-state index contributed by atoms with van der Waals surface area (Å²) < 4.78 is 0. The fourth-order valence-electron chi connectivity index (χ4n) is 0.502. The first kappa shape index (κ1) is 8.29. The molecule has 0 saturated carbocycles. The third-order valence-electron chi connectivity index (χ3n) is 1.21.